The van der Waals surface area contributed by atoms with E-state index in [1.54, 1.807) is 22.5 Å². The van der Waals surface area contributed by atoms with Crippen molar-refractivity contribution >= 4 is 31.6 Å². The van der Waals surface area contributed by atoms with Gasteiger partial charge in [0.1, 0.15) is 0 Å². The monoisotopic (exact) mass is 762 g/mol. The highest BCUT2D eigenvalue weighted by Gasteiger charge is 2.46. The van der Waals surface area contributed by atoms with Gasteiger partial charge in [0.2, 0.25) is 0 Å². The molecule has 0 unspecified atom stereocenters. The predicted molar refractivity (Wildman–Crippen MR) is 244 cm³/mol. The summed E-state index contributed by atoms with van der Waals surface area (Å²) in [7, 11) is 0. The minimum Gasteiger partial charge on any atom is -0.226 e. The van der Waals surface area contributed by atoms with Gasteiger partial charge in [0.25, 0.3) is 0 Å². The van der Waals surface area contributed by atoms with Crippen molar-refractivity contribution in [3.63, 3.8) is 0 Å². The van der Waals surface area contributed by atoms with Crippen LogP contribution in [0.5, 0.6) is 0 Å². The van der Waals surface area contributed by atoms with E-state index in [0.717, 1.165) is 32.9 Å². The van der Waals surface area contributed by atoms with Crippen molar-refractivity contribution in [1.82, 2.24) is 9.97 Å². The van der Waals surface area contributed by atoms with Gasteiger partial charge in [0, 0.05) is 32.0 Å². The molecule has 0 saturated heterocycles. The maximum Gasteiger partial charge on any atom is 0.160 e. The van der Waals surface area contributed by atoms with Crippen LogP contribution in [0.25, 0.3) is 87.5 Å². The van der Waals surface area contributed by atoms with Crippen molar-refractivity contribution in [2.45, 2.75) is 56.8 Å². The van der Waals surface area contributed by atoms with Crippen LogP contribution in [-0.4, -0.2) is 9.97 Å². The van der Waals surface area contributed by atoms with Gasteiger partial charge in [-0.25, -0.2) is 9.97 Å². The van der Waals surface area contributed by atoms with Crippen LogP contribution < -0.4 is 0 Å². The van der Waals surface area contributed by atoms with Crippen LogP contribution in [-0.2, 0) is 10.8 Å². The van der Waals surface area contributed by atoms with Crippen molar-refractivity contribution in [3.05, 3.63) is 180 Å². The van der Waals surface area contributed by atoms with Crippen LogP contribution in [0, 0.1) is 0 Å². The standard InChI is InChI=1S/C55H42N2S/c1-54(2)46-31-38(26-27-41(46)43-33-48-44(32-47(43)54)40-18-7-9-20-45(40)55(48)28-11-4-12-29-55)35-24-22-34(23-25-35)37-16-13-17-39(30-37)50-52-51(42-19-8-10-21-49(42)58-52)57-53(56-50)36-14-5-3-6-15-36/h3,5-10,13-27,30-33H,4,11-12,28-29H2,1-2H3. The highest BCUT2D eigenvalue weighted by Crippen LogP contribution is 2.60. The van der Waals surface area contributed by atoms with Crippen molar-refractivity contribution in [1.29, 1.82) is 0 Å². The summed E-state index contributed by atoms with van der Waals surface area (Å²) in [4.78, 5) is 10.4. The molecule has 1 fully saturated rings. The van der Waals surface area contributed by atoms with Gasteiger partial charge in [-0.2, -0.15) is 0 Å². The van der Waals surface area contributed by atoms with E-state index < -0.39 is 0 Å². The lowest BCUT2D eigenvalue weighted by Crippen LogP contribution is -2.28. The highest BCUT2D eigenvalue weighted by molar-refractivity contribution is 7.26. The summed E-state index contributed by atoms with van der Waals surface area (Å²) < 4.78 is 2.35. The fourth-order valence-electron chi connectivity index (χ4n) is 10.8. The molecule has 0 atom stereocenters. The molecule has 2 aromatic heterocycles. The number of thiophene rings is 1. The van der Waals surface area contributed by atoms with Crippen LogP contribution in [0.1, 0.15) is 68.2 Å². The Morgan fingerprint density at radius 1 is 0.448 bits per heavy atom. The number of fused-ring (bicyclic) bond motifs is 11. The number of nitrogens with zero attached hydrogens (tertiary/aromatic N) is 2. The van der Waals surface area contributed by atoms with Crippen molar-refractivity contribution in [2.75, 3.05) is 0 Å². The molecule has 3 aliphatic rings. The number of benzene rings is 7. The van der Waals surface area contributed by atoms with E-state index in [-0.39, 0.29) is 10.8 Å². The molecule has 7 aromatic carbocycles. The average Bonchev–Trinajstić information content (AvgIpc) is 3.86. The summed E-state index contributed by atoms with van der Waals surface area (Å²) in [5, 5.41) is 1.18. The summed E-state index contributed by atoms with van der Waals surface area (Å²) >= 11 is 1.78. The Bertz CT molecular complexity index is 3110. The third-order valence-corrected chi connectivity index (χ3v) is 14.9. The fourth-order valence-corrected chi connectivity index (χ4v) is 11.9. The zero-order valence-electron chi connectivity index (χ0n) is 32.8. The maximum atomic E-state index is 5.23. The lowest BCUT2D eigenvalue weighted by atomic mass is 9.67. The SMILES string of the molecule is CC1(C)c2cc(-c3ccc(-c4cccc(-c5nc(-c6ccccc6)nc6c5sc5ccccc56)c4)cc3)ccc2-c2cc3c(cc21)-c1ccccc1C31CCCCC1. The van der Waals surface area contributed by atoms with Crippen LogP contribution >= 0.6 is 11.3 Å². The van der Waals surface area contributed by atoms with Gasteiger partial charge in [-0.15, -0.1) is 11.3 Å². The van der Waals surface area contributed by atoms with Gasteiger partial charge in [-0.05, 0) is 110 Å². The Morgan fingerprint density at radius 3 is 1.90 bits per heavy atom. The van der Waals surface area contributed by atoms with Gasteiger partial charge in [-0.3, -0.25) is 0 Å². The Morgan fingerprint density at radius 2 is 1.07 bits per heavy atom. The second-order valence-electron chi connectivity index (χ2n) is 17.2. The molecule has 278 valence electrons. The largest absolute Gasteiger partial charge is 0.226 e. The fraction of sp³-hybridized carbons (Fsp3) is 0.164. The Balaban J connectivity index is 0.897. The summed E-state index contributed by atoms with van der Waals surface area (Å²) in [6.45, 7) is 4.85. The Kier molecular flexibility index (Phi) is 7.41. The van der Waals surface area contributed by atoms with Gasteiger partial charge in [-0.1, -0.05) is 161 Å². The molecule has 58 heavy (non-hydrogen) atoms. The van der Waals surface area contributed by atoms with Crippen molar-refractivity contribution in [3.8, 4) is 67.2 Å². The molecule has 0 radical (unpaired) electrons. The number of hydrogen-bond donors (Lipinski definition) is 0. The summed E-state index contributed by atoms with van der Waals surface area (Å²) in [6, 6.07) is 58.5. The van der Waals surface area contributed by atoms with Crippen molar-refractivity contribution in [2.24, 2.45) is 0 Å². The third-order valence-electron chi connectivity index (χ3n) is 13.7. The maximum absolute atomic E-state index is 5.23. The minimum absolute atomic E-state index is 0.0887. The molecule has 3 aliphatic carbocycles. The molecule has 0 bridgehead atoms. The van der Waals surface area contributed by atoms with Gasteiger partial charge in [0.05, 0.1) is 15.9 Å². The topological polar surface area (TPSA) is 25.8 Å². The molecule has 12 rings (SSSR count). The lowest BCUT2D eigenvalue weighted by molar-refractivity contribution is 0.353. The minimum atomic E-state index is -0.0887. The second kappa shape index (κ2) is 12.7. The van der Waals surface area contributed by atoms with Gasteiger partial charge >= 0.3 is 0 Å². The molecule has 0 aliphatic heterocycles. The van der Waals surface area contributed by atoms with E-state index in [2.05, 4.69) is 166 Å². The smallest absolute Gasteiger partial charge is 0.160 e. The zero-order chi connectivity index (χ0) is 38.6. The Labute approximate surface area is 343 Å². The average molecular weight is 763 g/mol. The molecule has 2 heterocycles. The summed E-state index contributed by atoms with van der Waals surface area (Å²) in [5.74, 6) is 0.754. The molecule has 3 heteroatoms. The first-order chi connectivity index (χ1) is 28.5. The predicted octanol–water partition coefficient (Wildman–Crippen LogP) is 15.0. The van der Waals surface area contributed by atoms with Crippen LogP contribution in [0.3, 0.4) is 0 Å². The van der Waals surface area contributed by atoms with E-state index >= 15 is 0 Å². The molecule has 0 N–H and O–H groups in total. The second-order valence-corrected chi connectivity index (χ2v) is 18.3. The third kappa shape index (κ3) is 4.96. The van der Waals surface area contributed by atoms with Gasteiger partial charge in [0.15, 0.2) is 5.82 Å². The lowest BCUT2D eigenvalue weighted by Gasteiger charge is -2.36. The molecule has 1 spiro atoms. The zero-order valence-corrected chi connectivity index (χ0v) is 33.7. The quantitative estimate of drug-likeness (QED) is 0.178. The molecule has 9 aromatic rings. The number of aromatic nitrogens is 2. The molecular formula is C55H42N2S. The van der Waals surface area contributed by atoms with E-state index in [0.29, 0.717) is 0 Å². The summed E-state index contributed by atoms with van der Waals surface area (Å²) in [6.07, 6.45) is 6.50. The first-order valence-electron chi connectivity index (χ1n) is 20.9. The van der Waals surface area contributed by atoms with Crippen molar-refractivity contribution < 1.29 is 0 Å². The van der Waals surface area contributed by atoms with E-state index in [1.807, 2.05) is 6.07 Å². The van der Waals surface area contributed by atoms with E-state index in [9.17, 15) is 0 Å². The van der Waals surface area contributed by atoms with Crippen LogP contribution in [0.15, 0.2) is 158 Å². The van der Waals surface area contributed by atoms with Crippen LogP contribution in [0.4, 0.5) is 0 Å². The molecule has 1 saturated carbocycles. The highest BCUT2D eigenvalue weighted by atomic mass is 32.1. The number of hydrogen-bond acceptors (Lipinski definition) is 3. The summed E-state index contributed by atoms with van der Waals surface area (Å²) in [5.41, 5.74) is 20.9. The number of rotatable bonds is 4. The normalized spacial score (nSPS) is 15.7. The van der Waals surface area contributed by atoms with Gasteiger partial charge < -0.3 is 0 Å². The van der Waals surface area contributed by atoms with E-state index in [4.69, 9.17) is 9.97 Å². The molecular weight excluding hydrogens is 721 g/mol. The first-order valence-corrected chi connectivity index (χ1v) is 21.7. The Hall–Kier alpha value is -6.16. The first kappa shape index (κ1) is 33.9. The molecule has 0 amide bonds. The molecule has 2 nitrogen and oxygen atoms in total. The van der Waals surface area contributed by atoms with E-state index in [1.165, 1.54) is 97.8 Å². The van der Waals surface area contributed by atoms with Crippen LogP contribution in [0.2, 0.25) is 0 Å².